The summed E-state index contributed by atoms with van der Waals surface area (Å²) in [6.07, 6.45) is 0.182. The topological polar surface area (TPSA) is 81.1 Å². The van der Waals surface area contributed by atoms with E-state index < -0.39 is 0 Å². The number of benzene rings is 2. The highest BCUT2D eigenvalue weighted by molar-refractivity contribution is 5.76. The summed E-state index contributed by atoms with van der Waals surface area (Å²) in [5, 5.41) is 0. The third-order valence-electron chi connectivity index (χ3n) is 3.01. The predicted molar refractivity (Wildman–Crippen MR) is 75.8 cm³/mol. The Morgan fingerprint density at radius 2 is 1.58 bits per heavy atom. The number of hydrazine groups is 1. The number of carbonyl (C=O) groups excluding carboxylic acids is 1. The van der Waals surface area contributed by atoms with Gasteiger partial charge in [-0.3, -0.25) is 10.2 Å². The molecule has 2 rings (SSSR count). The Kier molecular flexibility index (Phi) is 4.28. The fourth-order valence-corrected chi connectivity index (χ4v) is 1.93. The molecule has 0 heterocycles. The lowest BCUT2D eigenvalue weighted by Crippen LogP contribution is -2.32. The molecular formula is C15H17N3O. The molecule has 4 heteroatoms. The van der Waals surface area contributed by atoms with Crippen molar-refractivity contribution >= 4 is 5.91 Å². The summed E-state index contributed by atoms with van der Waals surface area (Å²) < 4.78 is 0. The normalized spacial score (nSPS) is 11.9. The molecule has 0 aliphatic carbocycles. The molecule has 0 radical (unpaired) electrons. The first-order valence-electron chi connectivity index (χ1n) is 6.11. The minimum absolute atomic E-state index is 0.182. The lowest BCUT2D eigenvalue weighted by Gasteiger charge is -2.11. The highest BCUT2D eigenvalue weighted by Crippen LogP contribution is 2.22. The predicted octanol–water partition coefficient (Wildman–Crippen LogP) is 1.73. The maximum atomic E-state index is 11.2. The van der Waals surface area contributed by atoms with Crippen molar-refractivity contribution in [3.05, 3.63) is 60.2 Å². The van der Waals surface area contributed by atoms with E-state index in [0.29, 0.717) is 0 Å². The third-order valence-corrected chi connectivity index (χ3v) is 3.01. The van der Waals surface area contributed by atoms with E-state index in [-0.39, 0.29) is 18.4 Å². The second kappa shape index (κ2) is 6.13. The molecule has 1 atom stereocenters. The van der Waals surface area contributed by atoms with Crippen molar-refractivity contribution in [2.45, 2.75) is 12.5 Å². The van der Waals surface area contributed by atoms with Gasteiger partial charge in [0.2, 0.25) is 5.91 Å². The van der Waals surface area contributed by atoms with Crippen molar-refractivity contribution in [2.75, 3.05) is 0 Å². The minimum atomic E-state index is -0.339. The van der Waals surface area contributed by atoms with Gasteiger partial charge in [0.25, 0.3) is 0 Å². The number of amides is 1. The summed E-state index contributed by atoms with van der Waals surface area (Å²) in [6, 6.07) is 17.6. The van der Waals surface area contributed by atoms with Crippen LogP contribution in [-0.2, 0) is 4.79 Å². The fourth-order valence-electron chi connectivity index (χ4n) is 1.93. The molecule has 0 saturated carbocycles. The Hall–Kier alpha value is -2.17. The Morgan fingerprint density at radius 1 is 1.00 bits per heavy atom. The molecule has 0 saturated heterocycles. The number of hydrogen-bond donors (Lipinski definition) is 3. The van der Waals surface area contributed by atoms with Crippen molar-refractivity contribution < 1.29 is 4.79 Å². The Labute approximate surface area is 112 Å². The molecule has 4 nitrogen and oxygen atoms in total. The monoisotopic (exact) mass is 255 g/mol. The molecule has 1 amide bonds. The van der Waals surface area contributed by atoms with Gasteiger partial charge in [0.1, 0.15) is 0 Å². The van der Waals surface area contributed by atoms with Gasteiger partial charge in [-0.1, -0.05) is 54.6 Å². The SMILES string of the molecule is NNC(=O)CC(N)c1ccc(-c2ccccc2)cc1. The van der Waals surface area contributed by atoms with Crippen LogP contribution in [0.2, 0.25) is 0 Å². The molecule has 98 valence electrons. The van der Waals surface area contributed by atoms with Crippen LogP contribution in [0.5, 0.6) is 0 Å². The third kappa shape index (κ3) is 3.40. The first-order valence-corrected chi connectivity index (χ1v) is 6.11. The molecule has 0 aliphatic heterocycles. The van der Waals surface area contributed by atoms with Crippen LogP contribution in [0, 0.1) is 0 Å². The van der Waals surface area contributed by atoms with E-state index in [1.165, 1.54) is 0 Å². The summed E-state index contributed by atoms with van der Waals surface area (Å²) >= 11 is 0. The highest BCUT2D eigenvalue weighted by atomic mass is 16.2. The number of rotatable bonds is 4. The van der Waals surface area contributed by atoms with Crippen molar-refractivity contribution in [1.82, 2.24) is 5.43 Å². The van der Waals surface area contributed by atoms with E-state index >= 15 is 0 Å². The fraction of sp³-hybridized carbons (Fsp3) is 0.133. The van der Waals surface area contributed by atoms with Crippen LogP contribution < -0.4 is 17.0 Å². The van der Waals surface area contributed by atoms with Gasteiger partial charge < -0.3 is 5.73 Å². The van der Waals surface area contributed by atoms with E-state index in [0.717, 1.165) is 16.7 Å². The molecule has 2 aromatic carbocycles. The van der Waals surface area contributed by atoms with Crippen LogP contribution in [0.25, 0.3) is 11.1 Å². The van der Waals surface area contributed by atoms with E-state index in [1.54, 1.807) is 0 Å². The van der Waals surface area contributed by atoms with Gasteiger partial charge in [-0.2, -0.15) is 0 Å². The average Bonchev–Trinajstić information content (AvgIpc) is 2.48. The zero-order chi connectivity index (χ0) is 13.7. The molecule has 5 N–H and O–H groups in total. The average molecular weight is 255 g/mol. The Balaban J connectivity index is 2.12. The maximum Gasteiger partial charge on any atom is 0.235 e. The number of carbonyl (C=O) groups is 1. The summed E-state index contributed by atoms with van der Waals surface area (Å²) in [6.45, 7) is 0. The molecule has 0 spiro atoms. The number of hydrogen-bond acceptors (Lipinski definition) is 3. The second-order valence-corrected chi connectivity index (χ2v) is 4.37. The molecule has 2 aromatic rings. The number of nitrogens with one attached hydrogen (secondary N) is 1. The molecule has 0 aromatic heterocycles. The van der Waals surface area contributed by atoms with E-state index in [9.17, 15) is 4.79 Å². The van der Waals surface area contributed by atoms with Gasteiger partial charge in [-0.15, -0.1) is 0 Å². The zero-order valence-electron chi connectivity index (χ0n) is 10.5. The Morgan fingerprint density at radius 3 is 2.16 bits per heavy atom. The minimum Gasteiger partial charge on any atom is -0.324 e. The van der Waals surface area contributed by atoms with Gasteiger partial charge in [-0.05, 0) is 16.7 Å². The van der Waals surface area contributed by atoms with Crippen LogP contribution in [-0.4, -0.2) is 5.91 Å². The lowest BCUT2D eigenvalue weighted by molar-refractivity contribution is -0.121. The van der Waals surface area contributed by atoms with Crippen LogP contribution in [0.3, 0.4) is 0 Å². The molecule has 0 bridgehead atoms. The highest BCUT2D eigenvalue weighted by Gasteiger charge is 2.10. The van der Waals surface area contributed by atoms with E-state index in [1.807, 2.05) is 42.5 Å². The van der Waals surface area contributed by atoms with Crippen molar-refractivity contribution in [1.29, 1.82) is 0 Å². The van der Waals surface area contributed by atoms with Crippen molar-refractivity contribution in [2.24, 2.45) is 11.6 Å². The van der Waals surface area contributed by atoms with Crippen molar-refractivity contribution in [3.63, 3.8) is 0 Å². The first kappa shape index (κ1) is 13.3. The van der Waals surface area contributed by atoms with Gasteiger partial charge in [0, 0.05) is 12.5 Å². The van der Waals surface area contributed by atoms with E-state index in [4.69, 9.17) is 11.6 Å². The second-order valence-electron chi connectivity index (χ2n) is 4.37. The molecule has 0 fully saturated rings. The largest absolute Gasteiger partial charge is 0.324 e. The molecular weight excluding hydrogens is 238 g/mol. The molecule has 1 unspecified atom stereocenters. The Bertz CT molecular complexity index is 537. The standard InChI is InChI=1S/C15H17N3O/c16-14(10-15(19)18-17)13-8-6-12(7-9-13)11-4-2-1-3-5-11/h1-9,14H,10,16-17H2,(H,18,19). The van der Waals surface area contributed by atoms with Gasteiger partial charge in [-0.25, -0.2) is 5.84 Å². The maximum absolute atomic E-state index is 11.2. The summed E-state index contributed by atoms with van der Waals surface area (Å²) in [5.74, 6) is 4.78. The quantitative estimate of drug-likeness (QED) is 0.442. The zero-order valence-corrected chi connectivity index (χ0v) is 10.5. The molecule has 19 heavy (non-hydrogen) atoms. The summed E-state index contributed by atoms with van der Waals surface area (Å²) in [5.41, 5.74) is 11.2. The van der Waals surface area contributed by atoms with Crippen molar-refractivity contribution in [3.8, 4) is 11.1 Å². The molecule has 0 aliphatic rings. The van der Waals surface area contributed by atoms with Crippen LogP contribution in [0.15, 0.2) is 54.6 Å². The lowest BCUT2D eigenvalue weighted by atomic mass is 9.99. The van der Waals surface area contributed by atoms with Gasteiger partial charge in [0.15, 0.2) is 0 Å². The van der Waals surface area contributed by atoms with E-state index in [2.05, 4.69) is 17.6 Å². The first-order chi connectivity index (χ1) is 9.20. The van der Waals surface area contributed by atoms with Crippen LogP contribution >= 0.6 is 0 Å². The van der Waals surface area contributed by atoms with Gasteiger partial charge in [0.05, 0.1) is 0 Å². The van der Waals surface area contributed by atoms with Crippen LogP contribution in [0.1, 0.15) is 18.0 Å². The van der Waals surface area contributed by atoms with Gasteiger partial charge >= 0.3 is 0 Å². The smallest absolute Gasteiger partial charge is 0.235 e. The summed E-state index contributed by atoms with van der Waals surface area (Å²) in [4.78, 5) is 11.2. The number of nitrogens with two attached hydrogens (primary N) is 2. The summed E-state index contributed by atoms with van der Waals surface area (Å²) in [7, 11) is 0. The van der Waals surface area contributed by atoms with Crippen LogP contribution in [0.4, 0.5) is 0 Å².